The van der Waals surface area contributed by atoms with Crippen LogP contribution in [0.2, 0.25) is 0 Å². The number of hydrogen-bond acceptors (Lipinski definition) is 5. The topological polar surface area (TPSA) is 95.5 Å². The number of hydrogen-bond donors (Lipinski definition) is 0. The van der Waals surface area contributed by atoms with Crippen LogP contribution in [0.3, 0.4) is 0 Å². The number of non-ortho nitro benzene ring substituents is 2. The van der Waals surface area contributed by atoms with Crippen molar-refractivity contribution in [3.8, 4) is 0 Å². The van der Waals surface area contributed by atoms with Crippen molar-refractivity contribution in [2.24, 2.45) is 0 Å². The minimum atomic E-state index is -0.677. The summed E-state index contributed by atoms with van der Waals surface area (Å²) in [6, 6.07) is 3.41. The molecule has 0 radical (unpaired) electrons. The van der Waals surface area contributed by atoms with Gasteiger partial charge in [0.15, 0.2) is 0 Å². The van der Waals surface area contributed by atoms with E-state index in [2.05, 4.69) is 6.58 Å². The standard InChI is InChI=1S/C10H10N2O5/c1-2-3-17-7-8-4-9(11(13)14)6-10(5-8)12(15)16/h2,4-6H,1,3,7H2. The van der Waals surface area contributed by atoms with Gasteiger partial charge in [-0.05, 0) is 5.56 Å². The van der Waals surface area contributed by atoms with Gasteiger partial charge in [0, 0.05) is 12.1 Å². The van der Waals surface area contributed by atoms with Crippen LogP contribution in [0.15, 0.2) is 30.9 Å². The van der Waals surface area contributed by atoms with E-state index in [-0.39, 0.29) is 24.6 Å². The minimum absolute atomic E-state index is 0.0640. The van der Waals surface area contributed by atoms with E-state index in [1.54, 1.807) is 0 Å². The van der Waals surface area contributed by atoms with Gasteiger partial charge in [-0.2, -0.15) is 0 Å². The summed E-state index contributed by atoms with van der Waals surface area (Å²) in [5.74, 6) is 0. The highest BCUT2D eigenvalue weighted by Gasteiger charge is 2.16. The summed E-state index contributed by atoms with van der Waals surface area (Å²) in [5.41, 5.74) is -0.263. The molecule has 0 saturated heterocycles. The highest BCUT2D eigenvalue weighted by molar-refractivity contribution is 5.46. The molecule has 90 valence electrons. The number of rotatable bonds is 6. The fourth-order valence-corrected chi connectivity index (χ4v) is 1.21. The van der Waals surface area contributed by atoms with Crippen LogP contribution in [0.4, 0.5) is 11.4 Å². The van der Waals surface area contributed by atoms with E-state index in [9.17, 15) is 20.2 Å². The maximum Gasteiger partial charge on any atom is 0.276 e. The van der Waals surface area contributed by atoms with Gasteiger partial charge in [-0.15, -0.1) is 6.58 Å². The van der Waals surface area contributed by atoms with Crippen molar-refractivity contribution in [2.75, 3.05) is 6.61 Å². The molecule has 0 unspecified atom stereocenters. The van der Waals surface area contributed by atoms with Crippen LogP contribution in [0, 0.1) is 20.2 Å². The molecule has 17 heavy (non-hydrogen) atoms. The van der Waals surface area contributed by atoms with Crippen LogP contribution in [-0.4, -0.2) is 16.5 Å². The van der Waals surface area contributed by atoms with Crippen LogP contribution >= 0.6 is 0 Å². The molecule has 0 spiro atoms. The molecule has 0 saturated carbocycles. The Labute approximate surface area is 96.6 Å². The zero-order chi connectivity index (χ0) is 12.8. The van der Waals surface area contributed by atoms with E-state index < -0.39 is 9.85 Å². The Balaban J connectivity index is 2.99. The Bertz CT molecular complexity index is 426. The van der Waals surface area contributed by atoms with Crippen LogP contribution in [-0.2, 0) is 11.3 Å². The first-order valence-electron chi connectivity index (χ1n) is 4.66. The zero-order valence-corrected chi connectivity index (χ0v) is 8.87. The van der Waals surface area contributed by atoms with Gasteiger partial charge in [0.2, 0.25) is 0 Å². The first-order valence-corrected chi connectivity index (χ1v) is 4.66. The van der Waals surface area contributed by atoms with Gasteiger partial charge in [0.1, 0.15) is 0 Å². The number of ether oxygens (including phenoxy) is 1. The highest BCUT2D eigenvalue weighted by atomic mass is 16.6. The van der Waals surface area contributed by atoms with Crippen molar-refractivity contribution < 1.29 is 14.6 Å². The molecule has 7 heteroatoms. The lowest BCUT2D eigenvalue weighted by Gasteiger charge is -2.02. The lowest BCUT2D eigenvalue weighted by Crippen LogP contribution is -1.98. The van der Waals surface area contributed by atoms with Gasteiger partial charge in [0.05, 0.1) is 29.1 Å². The Hall–Kier alpha value is -2.28. The summed E-state index contributed by atoms with van der Waals surface area (Å²) >= 11 is 0. The molecule has 1 aromatic carbocycles. The summed E-state index contributed by atoms with van der Waals surface area (Å²) in [6.45, 7) is 3.78. The van der Waals surface area contributed by atoms with Gasteiger partial charge in [-0.1, -0.05) is 6.08 Å². The minimum Gasteiger partial charge on any atom is -0.373 e. The average molecular weight is 238 g/mol. The van der Waals surface area contributed by atoms with Crippen LogP contribution in [0.25, 0.3) is 0 Å². The Morgan fingerprint density at radius 3 is 2.12 bits per heavy atom. The predicted octanol–water partition coefficient (Wildman–Crippen LogP) is 2.21. The van der Waals surface area contributed by atoms with Crippen molar-refractivity contribution in [3.63, 3.8) is 0 Å². The molecule has 0 atom stereocenters. The predicted molar refractivity (Wildman–Crippen MR) is 59.6 cm³/mol. The van der Waals surface area contributed by atoms with Crippen molar-refractivity contribution in [1.82, 2.24) is 0 Å². The van der Waals surface area contributed by atoms with Crippen LogP contribution < -0.4 is 0 Å². The fraction of sp³-hybridized carbons (Fsp3) is 0.200. The highest BCUT2D eigenvalue weighted by Crippen LogP contribution is 2.23. The lowest BCUT2D eigenvalue weighted by molar-refractivity contribution is -0.394. The van der Waals surface area contributed by atoms with Gasteiger partial charge in [-0.25, -0.2) is 0 Å². The number of nitrogens with zero attached hydrogens (tertiary/aromatic N) is 2. The Kier molecular flexibility index (Phi) is 4.29. The quantitative estimate of drug-likeness (QED) is 0.327. The van der Waals surface area contributed by atoms with E-state index in [0.29, 0.717) is 5.56 Å². The SMILES string of the molecule is C=CCOCc1cc([N+](=O)[O-])cc([N+](=O)[O-])c1. The fourth-order valence-electron chi connectivity index (χ4n) is 1.21. The Morgan fingerprint density at radius 2 is 1.71 bits per heavy atom. The average Bonchev–Trinajstić information content (AvgIpc) is 2.29. The van der Waals surface area contributed by atoms with E-state index in [0.717, 1.165) is 6.07 Å². The monoisotopic (exact) mass is 238 g/mol. The molecule has 0 aliphatic rings. The maximum atomic E-state index is 10.6. The van der Waals surface area contributed by atoms with Gasteiger partial charge < -0.3 is 4.74 Å². The largest absolute Gasteiger partial charge is 0.373 e. The normalized spacial score (nSPS) is 9.88. The second-order valence-corrected chi connectivity index (χ2v) is 3.18. The molecule has 1 aromatic rings. The summed E-state index contributed by atoms with van der Waals surface area (Å²) in [4.78, 5) is 19.8. The third-order valence-corrected chi connectivity index (χ3v) is 1.89. The molecule has 0 amide bonds. The Morgan fingerprint density at radius 1 is 1.18 bits per heavy atom. The van der Waals surface area contributed by atoms with Gasteiger partial charge >= 0.3 is 0 Å². The van der Waals surface area contributed by atoms with Gasteiger partial charge in [0.25, 0.3) is 11.4 Å². The zero-order valence-electron chi connectivity index (χ0n) is 8.87. The van der Waals surface area contributed by atoms with Crippen molar-refractivity contribution in [1.29, 1.82) is 0 Å². The second kappa shape index (κ2) is 5.71. The molecule has 7 nitrogen and oxygen atoms in total. The second-order valence-electron chi connectivity index (χ2n) is 3.18. The van der Waals surface area contributed by atoms with Crippen molar-refractivity contribution in [3.05, 3.63) is 56.6 Å². The molecule has 0 N–H and O–H groups in total. The maximum absolute atomic E-state index is 10.6. The summed E-state index contributed by atoms with van der Waals surface area (Å²) < 4.78 is 5.08. The number of nitro benzene ring substituents is 2. The van der Waals surface area contributed by atoms with Crippen molar-refractivity contribution in [2.45, 2.75) is 6.61 Å². The van der Waals surface area contributed by atoms with E-state index in [1.807, 2.05) is 0 Å². The third kappa shape index (κ3) is 3.65. The van der Waals surface area contributed by atoms with Crippen LogP contribution in [0.5, 0.6) is 0 Å². The number of benzene rings is 1. The van der Waals surface area contributed by atoms with Crippen molar-refractivity contribution >= 4 is 11.4 Å². The summed E-state index contributed by atoms with van der Waals surface area (Å²) in [6.07, 6.45) is 1.52. The first kappa shape index (κ1) is 12.8. The van der Waals surface area contributed by atoms with E-state index in [4.69, 9.17) is 4.74 Å². The molecular weight excluding hydrogens is 228 g/mol. The molecule has 0 aliphatic carbocycles. The summed E-state index contributed by atoms with van der Waals surface area (Å²) in [5, 5.41) is 21.2. The summed E-state index contributed by atoms with van der Waals surface area (Å²) in [7, 11) is 0. The first-order chi connectivity index (χ1) is 8.04. The molecular formula is C10H10N2O5. The van der Waals surface area contributed by atoms with E-state index >= 15 is 0 Å². The lowest BCUT2D eigenvalue weighted by atomic mass is 10.2. The molecule has 0 bridgehead atoms. The third-order valence-electron chi connectivity index (χ3n) is 1.89. The van der Waals surface area contributed by atoms with Gasteiger partial charge in [-0.3, -0.25) is 20.2 Å². The molecule has 0 aliphatic heterocycles. The van der Waals surface area contributed by atoms with E-state index in [1.165, 1.54) is 18.2 Å². The molecule has 0 fully saturated rings. The van der Waals surface area contributed by atoms with Crippen LogP contribution in [0.1, 0.15) is 5.56 Å². The molecule has 0 heterocycles. The molecule has 0 aromatic heterocycles. The smallest absolute Gasteiger partial charge is 0.276 e. The number of nitro groups is 2. The molecule has 1 rings (SSSR count).